The minimum absolute atomic E-state index is 0.0353. The average molecular weight is 348 g/mol. The summed E-state index contributed by atoms with van der Waals surface area (Å²) in [5, 5.41) is 0. The molecular weight excluding hydrogens is 327 g/mol. The molecule has 1 aromatic rings. The van der Waals surface area contributed by atoms with Crippen molar-refractivity contribution >= 4 is 34.9 Å². The fourth-order valence-corrected chi connectivity index (χ4v) is 6.26. The van der Waals surface area contributed by atoms with Crippen LogP contribution in [0.4, 0.5) is 0 Å². The monoisotopic (exact) mass is 348 g/mol. The van der Waals surface area contributed by atoms with Gasteiger partial charge in [0.25, 0.3) is 5.69 Å². The molecule has 1 aromatic carbocycles. The highest BCUT2D eigenvalue weighted by atomic mass is 32.9. The molecule has 0 N–H and O–H groups in total. The SMILES string of the molecule is CC(C)OP(=S)(OC(C)C)SCOC(=O)c1ccccc1. The molecular formula is C14H21O4PS2. The van der Waals surface area contributed by atoms with E-state index in [2.05, 4.69) is 0 Å². The molecule has 0 saturated carbocycles. The maximum Gasteiger partial charge on any atom is 0.338 e. The van der Waals surface area contributed by atoms with E-state index in [0.717, 1.165) is 0 Å². The first kappa shape index (κ1) is 18.7. The predicted molar refractivity (Wildman–Crippen MR) is 91.0 cm³/mol. The summed E-state index contributed by atoms with van der Waals surface area (Å²) < 4.78 is 16.6. The molecule has 0 aromatic heterocycles. The van der Waals surface area contributed by atoms with Gasteiger partial charge >= 0.3 is 5.97 Å². The Hall–Kier alpha value is -0.390. The van der Waals surface area contributed by atoms with E-state index in [9.17, 15) is 4.79 Å². The third-order valence-corrected chi connectivity index (χ3v) is 7.24. The molecule has 0 aliphatic heterocycles. The molecule has 0 atom stereocenters. The Kier molecular flexibility index (Phi) is 7.92. The van der Waals surface area contributed by atoms with Gasteiger partial charge in [0.15, 0.2) is 0 Å². The van der Waals surface area contributed by atoms with Gasteiger partial charge in [0.1, 0.15) is 5.94 Å². The van der Waals surface area contributed by atoms with Crippen LogP contribution in [-0.4, -0.2) is 24.1 Å². The van der Waals surface area contributed by atoms with Crippen molar-refractivity contribution in [2.24, 2.45) is 0 Å². The van der Waals surface area contributed by atoms with Gasteiger partial charge in [-0.15, -0.1) is 0 Å². The summed E-state index contributed by atoms with van der Waals surface area (Å²) in [4.78, 5) is 11.8. The van der Waals surface area contributed by atoms with E-state index in [1.54, 1.807) is 24.3 Å². The zero-order valence-corrected chi connectivity index (χ0v) is 15.2. The predicted octanol–water partition coefficient (Wildman–Crippen LogP) is 4.61. The van der Waals surface area contributed by atoms with E-state index in [4.69, 9.17) is 25.6 Å². The zero-order valence-electron chi connectivity index (χ0n) is 12.6. The molecule has 4 nitrogen and oxygen atoms in total. The molecule has 0 heterocycles. The van der Waals surface area contributed by atoms with Gasteiger partial charge in [-0.05, 0) is 63.0 Å². The third kappa shape index (κ3) is 7.43. The molecule has 118 valence electrons. The van der Waals surface area contributed by atoms with Crippen molar-refractivity contribution in [1.82, 2.24) is 0 Å². The molecule has 7 heteroatoms. The largest absolute Gasteiger partial charge is 0.450 e. The fourth-order valence-electron chi connectivity index (χ4n) is 1.40. The van der Waals surface area contributed by atoms with Crippen LogP contribution < -0.4 is 0 Å². The van der Waals surface area contributed by atoms with Gasteiger partial charge in [0, 0.05) is 0 Å². The number of esters is 1. The third-order valence-electron chi connectivity index (χ3n) is 2.09. The number of hydrogen-bond acceptors (Lipinski definition) is 6. The lowest BCUT2D eigenvalue weighted by Crippen LogP contribution is -2.08. The number of rotatable bonds is 8. The standard InChI is InChI=1S/C14H21O4PS2/c1-11(2)17-19(20,18-12(3)4)21-10-16-14(15)13-8-6-5-7-9-13/h5-9,11-12H,10H2,1-4H3. The normalized spacial score (nSPS) is 11.9. The van der Waals surface area contributed by atoms with Gasteiger partial charge in [-0.1, -0.05) is 18.2 Å². The maximum absolute atomic E-state index is 11.8. The first-order chi connectivity index (χ1) is 9.82. The van der Waals surface area contributed by atoms with E-state index < -0.39 is 5.69 Å². The summed E-state index contributed by atoms with van der Waals surface area (Å²) >= 11 is 6.70. The summed E-state index contributed by atoms with van der Waals surface area (Å²) in [6.07, 6.45) is -0.0705. The second kappa shape index (κ2) is 8.91. The summed E-state index contributed by atoms with van der Waals surface area (Å²) in [6.45, 7) is 7.62. The minimum Gasteiger partial charge on any atom is -0.450 e. The first-order valence-electron chi connectivity index (χ1n) is 6.66. The van der Waals surface area contributed by atoms with Crippen molar-refractivity contribution in [1.29, 1.82) is 0 Å². The molecule has 0 unspecified atom stereocenters. The Bertz CT molecular complexity index is 477. The van der Waals surface area contributed by atoms with Crippen molar-refractivity contribution in [3.63, 3.8) is 0 Å². The maximum atomic E-state index is 11.8. The van der Waals surface area contributed by atoms with Gasteiger partial charge in [-0.2, -0.15) is 0 Å². The van der Waals surface area contributed by atoms with Crippen molar-refractivity contribution < 1.29 is 18.6 Å². The minimum atomic E-state index is -2.51. The molecule has 21 heavy (non-hydrogen) atoms. The van der Waals surface area contributed by atoms with E-state index in [0.29, 0.717) is 5.56 Å². The van der Waals surface area contributed by atoms with Crippen LogP contribution in [0, 0.1) is 0 Å². The Morgan fingerprint density at radius 3 is 2.14 bits per heavy atom. The molecule has 1 rings (SSSR count). The molecule has 0 radical (unpaired) electrons. The summed E-state index contributed by atoms with van der Waals surface area (Å²) in [7, 11) is 0. The summed E-state index contributed by atoms with van der Waals surface area (Å²) in [5.41, 5.74) is -1.99. The summed E-state index contributed by atoms with van der Waals surface area (Å²) in [6, 6.07) is 8.84. The lowest BCUT2D eigenvalue weighted by atomic mass is 10.2. The molecule has 0 saturated heterocycles. The van der Waals surface area contributed by atoms with Crippen LogP contribution in [0.3, 0.4) is 0 Å². The van der Waals surface area contributed by atoms with E-state index >= 15 is 0 Å². The Morgan fingerprint density at radius 1 is 1.14 bits per heavy atom. The van der Waals surface area contributed by atoms with Crippen LogP contribution in [0.1, 0.15) is 38.1 Å². The van der Waals surface area contributed by atoms with E-state index in [-0.39, 0.29) is 24.1 Å². The summed E-state index contributed by atoms with van der Waals surface area (Å²) in [5.74, 6) is -0.261. The second-order valence-electron chi connectivity index (χ2n) is 4.80. The lowest BCUT2D eigenvalue weighted by molar-refractivity contribution is 0.0580. The van der Waals surface area contributed by atoms with Crippen molar-refractivity contribution in [3.05, 3.63) is 35.9 Å². The Labute approximate surface area is 135 Å². The Balaban J connectivity index is 2.54. The van der Waals surface area contributed by atoms with Crippen LogP contribution in [0.25, 0.3) is 0 Å². The molecule has 0 amide bonds. The molecule has 0 aliphatic carbocycles. The van der Waals surface area contributed by atoms with Crippen molar-refractivity contribution in [3.8, 4) is 0 Å². The van der Waals surface area contributed by atoms with Crippen LogP contribution in [-0.2, 0) is 25.6 Å². The van der Waals surface area contributed by atoms with E-state index in [1.807, 2.05) is 33.8 Å². The highest BCUT2D eigenvalue weighted by Crippen LogP contribution is 2.62. The average Bonchev–Trinajstić information content (AvgIpc) is 2.37. The van der Waals surface area contributed by atoms with Gasteiger partial charge in [0.2, 0.25) is 0 Å². The van der Waals surface area contributed by atoms with E-state index in [1.165, 1.54) is 11.4 Å². The van der Waals surface area contributed by atoms with Crippen LogP contribution in [0.5, 0.6) is 0 Å². The molecule has 0 bridgehead atoms. The zero-order chi connectivity index (χ0) is 15.9. The topological polar surface area (TPSA) is 44.8 Å². The quantitative estimate of drug-likeness (QED) is 0.388. The smallest absolute Gasteiger partial charge is 0.338 e. The Morgan fingerprint density at radius 2 is 1.67 bits per heavy atom. The fraction of sp³-hybridized carbons (Fsp3) is 0.500. The number of carbonyl (C=O) groups is 1. The van der Waals surface area contributed by atoms with Crippen LogP contribution in [0.15, 0.2) is 30.3 Å². The molecule has 0 spiro atoms. The highest BCUT2D eigenvalue weighted by molar-refractivity contribution is 8.67. The van der Waals surface area contributed by atoms with Crippen molar-refractivity contribution in [2.45, 2.75) is 39.9 Å². The van der Waals surface area contributed by atoms with Crippen LogP contribution >= 0.6 is 17.1 Å². The molecule has 0 aliphatic rings. The van der Waals surface area contributed by atoms with Crippen LogP contribution in [0.2, 0.25) is 0 Å². The van der Waals surface area contributed by atoms with Gasteiger partial charge in [0.05, 0.1) is 17.8 Å². The lowest BCUT2D eigenvalue weighted by Gasteiger charge is -2.25. The van der Waals surface area contributed by atoms with Gasteiger partial charge < -0.3 is 13.8 Å². The number of hydrogen-bond donors (Lipinski definition) is 0. The van der Waals surface area contributed by atoms with Gasteiger partial charge in [-0.25, -0.2) is 4.79 Å². The second-order valence-corrected chi connectivity index (χ2v) is 11.0. The number of carbonyl (C=O) groups excluding carboxylic acids is 1. The number of benzene rings is 1. The van der Waals surface area contributed by atoms with Gasteiger partial charge in [-0.3, -0.25) is 0 Å². The number of ether oxygens (including phenoxy) is 1. The van der Waals surface area contributed by atoms with Crippen molar-refractivity contribution in [2.75, 3.05) is 5.94 Å². The highest BCUT2D eigenvalue weighted by Gasteiger charge is 2.24. The molecule has 0 fully saturated rings. The first-order valence-corrected chi connectivity index (χ1v) is 10.9.